The second-order valence-electron chi connectivity index (χ2n) is 6.35. The van der Waals surface area contributed by atoms with E-state index in [-0.39, 0.29) is 24.0 Å². The molecule has 0 amide bonds. The number of rotatable bonds is 7. The average Bonchev–Trinajstić information content (AvgIpc) is 2.60. The Labute approximate surface area is 164 Å². The van der Waals surface area contributed by atoms with Crippen molar-refractivity contribution in [3.05, 3.63) is 35.9 Å². The summed E-state index contributed by atoms with van der Waals surface area (Å²) in [6.45, 7) is 10.8. The topological polar surface area (TPSA) is 39.7 Å². The van der Waals surface area contributed by atoms with E-state index in [0.717, 1.165) is 31.5 Å². The third-order valence-electron chi connectivity index (χ3n) is 4.41. The highest BCUT2D eigenvalue weighted by Crippen LogP contribution is 2.16. The highest BCUT2D eigenvalue weighted by molar-refractivity contribution is 14.0. The Kier molecular flexibility index (Phi) is 11.1. The number of nitrogens with one attached hydrogen (secondary N) is 2. The molecule has 0 aliphatic carbocycles. The van der Waals surface area contributed by atoms with Crippen LogP contribution in [0.3, 0.4) is 0 Å². The fraction of sp³-hybridized carbons (Fsp3) is 0.632. The average molecular weight is 444 g/mol. The van der Waals surface area contributed by atoms with Gasteiger partial charge >= 0.3 is 0 Å². The summed E-state index contributed by atoms with van der Waals surface area (Å²) in [6, 6.07) is 10.4. The highest BCUT2D eigenvalue weighted by Gasteiger charge is 2.18. The fourth-order valence-electron chi connectivity index (χ4n) is 3.07. The molecule has 0 atom stereocenters. The second-order valence-corrected chi connectivity index (χ2v) is 6.35. The lowest BCUT2D eigenvalue weighted by Gasteiger charge is -2.32. The summed E-state index contributed by atoms with van der Waals surface area (Å²) >= 11 is 0. The molecular formula is C19H33IN4. The Morgan fingerprint density at radius 3 is 2.46 bits per heavy atom. The van der Waals surface area contributed by atoms with E-state index in [0.29, 0.717) is 0 Å². The van der Waals surface area contributed by atoms with E-state index in [1.54, 1.807) is 0 Å². The Bertz CT molecular complexity index is 456. The van der Waals surface area contributed by atoms with E-state index in [1.807, 2.05) is 6.07 Å². The molecule has 4 nitrogen and oxygen atoms in total. The third kappa shape index (κ3) is 7.83. The summed E-state index contributed by atoms with van der Waals surface area (Å²) in [5.41, 5.74) is 1.25. The van der Waals surface area contributed by atoms with Crippen molar-refractivity contribution in [2.75, 3.05) is 32.7 Å². The molecule has 2 rings (SSSR count). The fourth-order valence-corrected chi connectivity index (χ4v) is 3.07. The zero-order chi connectivity index (χ0) is 16.3. The van der Waals surface area contributed by atoms with Gasteiger partial charge in [-0.1, -0.05) is 37.3 Å². The van der Waals surface area contributed by atoms with Gasteiger partial charge in [-0.05, 0) is 57.3 Å². The molecule has 0 saturated carbocycles. The number of piperidine rings is 1. The number of aliphatic imine (C=N–C) groups is 1. The number of guanidine groups is 1. The maximum Gasteiger partial charge on any atom is 0.191 e. The van der Waals surface area contributed by atoms with Gasteiger partial charge in [0.05, 0.1) is 6.54 Å². The molecule has 5 heteroatoms. The Morgan fingerprint density at radius 1 is 1.12 bits per heavy atom. The molecular weight excluding hydrogens is 411 g/mol. The van der Waals surface area contributed by atoms with Crippen LogP contribution in [0.25, 0.3) is 0 Å². The van der Waals surface area contributed by atoms with Gasteiger partial charge in [0.15, 0.2) is 5.96 Å². The van der Waals surface area contributed by atoms with Crippen LogP contribution in [-0.2, 0) is 6.54 Å². The van der Waals surface area contributed by atoms with E-state index >= 15 is 0 Å². The number of halogens is 1. The number of hydrogen-bond donors (Lipinski definition) is 2. The van der Waals surface area contributed by atoms with Gasteiger partial charge in [-0.2, -0.15) is 0 Å². The van der Waals surface area contributed by atoms with Crippen LogP contribution in [-0.4, -0.2) is 43.6 Å². The largest absolute Gasteiger partial charge is 0.357 e. The molecule has 24 heavy (non-hydrogen) atoms. The molecule has 1 saturated heterocycles. The van der Waals surface area contributed by atoms with Crippen molar-refractivity contribution in [1.29, 1.82) is 0 Å². The highest BCUT2D eigenvalue weighted by atomic mass is 127. The number of nitrogens with zero attached hydrogens (tertiary/aromatic N) is 2. The lowest BCUT2D eigenvalue weighted by Crippen LogP contribution is -2.43. The monoisotopic (exact) mass is 444 g/mol. The SMILES string of the molecule is CCCN1CCC(CNC(=NCc2ccccc2)NCC)CC1.I. The standard InChI is InChI=1S/C19H32N4.HI/c1-3-12-23-13-10-18(11-14-23)16-22-19(20-4-2)21-15-17-8-6-5-7-9-17;/h5-9,18H,3-4,10-16H2,1-2H3,(H2,20,21,22);1H. The molecule has 1 aromatic carbocycles. The molecule has 0 spiro atoms. The smallest absolute Gasteiger partial charge is 0.191 e. The third-order valence-corrected chi connectivity index (χ3v) is 4.41. The van der Waals surface area contributed by atoms with Crippen LogP contribution in [0.1, 0.15) is 38.7 Å². The van der Waals surface area contributed by atoms with E-state index in [9.17, 15) is 0 Å². The van der Waals surface area contributed by atoms with Crippen molar-refractivity contribution in [2.24, 2.45) is 10.9 Å². The van der Waals surface area contributed by atoms with Gasteiger partial charge in [0, 0.05) is 13.1 Å². The summed E-state index contributed by atoms with van der Waals surface area (Å²) < 4.78 is 0. The second kappa shape index (κ2) is 12.5. The van der Waals surface area contributed by atoms with Crippen LogP contribution >= 0.6 is 24.0 Å². The van der Waals surface area contributed by atoms with Gasteiger partial charge in [0.2, 0.25) is 0 Å². The summed E-state index contributed by atoms with van der Waals surface area (Å²) in [6.07, 6.45) is 3.86. The summed E-state index contributed by atoms with van der Waals surface area (Å²) in [5, 5.41) is 6.88. The van der Waals surface area contributed by atoms with Gasteiger partial charge in [0.25, 0.3) is 0 Å². The van der Waals surface area contributed by atoms with Crippen molar-refractivity contribution in [3.8, 4) is 0 Å². The summed E-state index contributed by atoms with van der Waals surface area (Å²) in [4.78, 5) is 7.28. The van der Waals surface area contributed by atoms with Crippen LogP contribution in [0.15, 0.2) is 35.3 Å². The van der Waals surface area contributed by atoms with Crippen molar-refractivity contribution >= 4 is 29.9 Å². The van der Waals surface area contributed by atoms with Gasteiger partial charge < -0.3 is 15.5 Å². The van der Waals surface area contributed by atoms with Crippen molar-refractivity contribution in [1.82, 2.24) is 15.5 Å². The van der Waals surface area contributed by atoms with Crippen molar-refractivity contribution < 1.29 is 0 Å². The number of likely N-dealkylation sites (tertiary alicyclic amines) is 1. The predicted molar refractivity (Wildman–Crippen MR) is 114 cm³/mol. The molecule has 136 valence electrons. The lowest BCUT2D eigenvalue weighted by molar-refractivity contribution is 0.185. The molecule has 0 unspecified atom stereocenters. The first kappa shape index (κ1) is 21.2. The Hall–Kier alpha value is -0.820. The van der Waals surface area contributed by atoms with Crippen molar-refractivity contribution in [2.45, 2.75) is 39.7 Å². The van der Waals surface area contributed by atoms with Crippen LogP contribution in [0, 0.1) is 5.92 Å². The van der Waals surface area contributed by atoms with E-state index in [4.69, 9.17) is 4.99 Å². The van der Waals surface area contributed by atoms with Crippen LogP contribution in [0.2, 0.25) is 0 Å². The zero-order valence-electron chi connectivity index (χ0n) is 15.1. The molecule has 1 heterocycles. The maximum atomic E-state index is 4.70. The normalized spacial score (nSPS) is 16.5. The van der Waals surface area contributed by atoms with Crippen molar-refractivity contribution in [3.63, 3.8) is 0 Å². The molecule has 1 aliphatic rings. The number of hydrogen-bond acceptors (Lipinski definition) is 2. The molecule has 1 fully saturated rings. The zero-order valence-corrected chi connectivity index (χ0v) is 17.5. The minimum absolute atomic E-state index is 0. The first-order chi connectivity index (χ1) is 11.3. The predicted octanol–water partition coefficient (Wildman–Crippen LogP) is 3.48. The van der Waals surface area contributed by atoms with Crippen LogP contribution in [0.5, 0.6) is 0 Å². The maximum absolute atomic E-state index is 4.70. The molecule has 0 aromatic heterocycles. The van der Waals surface area contributed by atoms with E-state index in [2.05, 4.69) is 53.6 Å². The van der Waals surface area contributed by atoms with Gasteiger partial charge in [-0.25, -0.2) is 4.99 Å². The van der Waals surface area contributed by atoms with E-state index < -0.39 is 0 Å². The van der Waals surface area contributed by atoms with Gasteiger partial charge in [-0.3, -0.25) is 0 Å². The number of benzene rings is 1. The summed E-state index contributed by atoms with van der Waals surface area (Å²) in [5.74, 6) is 1.70. The van der Waals surface area contributed by atoms with E-state index in [1.165, 1.54) is 44.5 Å². The molecule has 2 N–H and O–H groups in total. The Morgan fingerprint density at radius 2 is 1.83 bits per heavy atom. The molecule has 1 aromatic rings. The quantitative estimate of drug-likeness (QED) is 0.384. The first-order valence-electron chi connectivity index (χ1n) is 9.10. The summed E-state index contributed by atoms with van der Waals surface area (Å²) in [7, 11) is 0. The Balaban J connectivity index is 0.00000288. The minimum atomic E-state index is 0. The molecule has 1 aliphatic heterocycles. The van der Waals surface area contributed by atoms with Crippen LogP contribution < -0.4 is 10.6 Å². The minimum Gasteiger partial charge on any atom is -0.357 e. The van der Waals surface area contributed by atoms with Crippen LogP contribution in [0.4, 0.5) is 0 Å². The molecule has 0 bridgehead atoms. The van der Waals surface area contributed by atoms with Gasteiger partial charge in [0.1, 0.15) is 0 Å². The van der Waals surface area contributed by atoms with Gasteiger partial charge in [-0.15, -0.1) is 24.0 Å². The first-order valence-corrected chi connectivity index (χ1v) is 9.10. The molecule has 0 radical (unpaired) electrons. The lowest BCUT2D eigenvalue weighted by atomic mass is 9.97.